The molecule has 0 atom stereocenters. The molecule has 0 aliphatic rings. The molecule has 0 saturated carbocycles. The van der Waals surface area contributed by atoms with Gasteiger partial charge in [0.25, 0.3) is 5.91 Å². The zero-order chi connectivity index (χ0) is 8.97. The lowest BCUT2D eigenvalue weighted by atomic mass is 10.6. The van der Waals surface area contributed by atoms with Gasteiger partial charge in [0.05, 0.1) is 6.61 Å². The van der Waals surface area contributed by atoms with Crippen molar-refractivity contribution in [3.05, 3.63) is 16.1 Å². The van der Waals surface area contributed by atoms with E-state index in [0.717, 1.165) is 4.88 Å². The molecule has 4 nitrogen and oxygen atoms in total. The molecule has 0 bridgehead atoms. The second-order valence-electron chi connectivity index (χ2n) is 2.26. The summed E-state index contributed by atoms with van der Waals surface area (Å²) in [7, 11) is 0. The number of nitrogens with zero attached hydrogens (tertiary/aromatic N) is 1. The Labute approximate surface area is 74.3 Å². The molecule has 1 aromatic heterocycles. The molecule has 1 heterocycles. The van der Waals surface area contributed by atoms with E-state index >= 15 is 0 Å². The molecular weight excluding hydrogens is 176 g/mol. The van der Waals surface area contributed by atoms with Gasteiger partial charge in [-0.15, -0.1) is 11.3 Å². The van der Waals surface area contributed by atoms with Crippen molar-refractivity contribution >= 4 is 17.2 Å². The van der Waals surface area contributed by atoms with E-state index in [0.29, 0.717) is 5.01 Å². The highest BCUT2D eigenvalue weighted by atomic mass is 32.1. The number of nitrogens with one attached hydrogen (secondary N) is 1. The zero-order valence-electron chi connectivity index (χ0n) is 6.70. The molecule has 12 heavy (non-hydrogen) atoms. The minimum absolute atomic E-state index is 0.0455. The van der Waals surface area contributed by atoms with Crippen molar-refractivity contribution < 1.29 is 9.90 Å². The molecule has 1 rings (SSSR count). The van der Waals surface area contributed by atoms with Crippen LogP contribution in [0.25, 0.3) is 0 Å². The molecule has 0 radical (unpaired) electrons. The molecular formula is C7H10N2O2S. The first-order valence-corrected chi connectivity index (χ1v) is 4.37. The number of hydrogen-bond donors (Lipinski definition) is 2. The topological polar surface area (TPSA) is 62.2 Å². The van der Waals surface area contributed by atoms with Gasteiger partial charge in [0, 0.05) is 17.6 Å². The predicted molar refractivity (Wildman–Crippen MR) is 46.3 cm³/mol. The average molecular weight is 186 g/mol. The van der Waals surface area contributed by atoms with Crippen LogP contribution in [-0.4, -0.2) is 29.1 Å². The van der Waals surface area contributed by atoms with E-state index in [4.69, 9.17) is 5.11 Å². The molecule has 0 fully saturated rings. The van der Waals surface area contributed by atoms with E-state index in [-0.39, 0.29) is 19.1 Å². The van der Waals surface area contributed by atoms with E-state index in [2.05, 4.69) is 10.3 Å². The SMILES string of the molecule is Cc1cnc(C(=O)NCCO)s1. The van der Waals surface area contributed by atoms with Crippen molar-refractivity contribution in [3.63, 3.8) is 0 Å². The normalized spacial score (nSPS) is 9.83. The molecule has 0 spiro atoms. The van der Waals surface area contributed by atoms with Crippen LogP contribution in [0.1, 0.15) is 14.7 Å². The quantitative estimate of drug-likeness (QED) is 0.707. The number of aliphatic hydroxyl groups excluding tert-OH is 1. The van der Waals surface area contributed by atoms with E-state index in [1.54, 1.807) is 6.20 Å². The second-order valence-corrected chi connectivity index (χ2v) is 3.49. The Morgan fingerprint density at radius 2 is 2.58 bits per heavy atom. The zero-order valence-corrected chi connectivity index (χ0v) is 7.52. The van der Waals surface area contributed by atoms with Crippen molar-refractivity contribution in [2.75, 3.05) is 13.2 Å². The Hall–Kier alpha value is -0.940. The van der Waals surface area contributed by atoms with Gasteiger partial charge in [-0.2, -0.15) is 0 Å². The fraction of sp³-hybridized carbons (Fsp3) is 0.429. The van der Waals surface area contributed by atoms with Gasteiger partial charge in [-0.05, 0) is 6.92 Å². The minimum atomic E-state index is -0.220. The third kappa shape index (κ3) is 2.28. The third-order valence-corrected chi connectivity index (χ3v) is 2.12. The highest BCUT2D eigenvalue weighted by Crippen LogP contribution is 2.10. The van der Waals surface area contributed by atoms with E-state index in [9.17, 15) is 4.79 Å². The molecule has 0 unspecified atom stereocenters. The van der Waals surface area contributed by atoms with Crippen LogP contribution in [0.5, 0.6) is 0 Å². The molecule has 1 amide bonds. The van der Waals surface area contributed by atoms with Crippen molar-refractivity contribution in [2.45, 2.75) is 6.92 Å². The summed E-state index contributed by atoms with van der Waals surface area (Å²) < 4.78 is 0. The van der Waals surface area contributed by atoms with Crippen molar-refractivity contribution in [1.82, 2.24) is 10.3 Å². The maximum absolute atomic E-state index is 11.1. The average Bonchev–Trinajstić information content (AvgIpc) is 2.47. The standard InChI is InChI=1S/C7H10N2O2S/c1-5-4-9-7(12-5)6(11)8-2-3-10/h4,10H,2-3H2,1H3,(H,8,11). The van der Waals surface area contributed by atoms with Gasteiger partial charge in [0.15, 0.2) is 5.01 Å². The van der Waals surface area contributed by atoms with Gasteiger partial charge in [0.2, 0.25) is 0 Å². The Kier molecular flexibility index (Phi) is 3.19. The van der Waals surface area contributed by atoms with Crippen molar-refractivity contribution in [3.8, 4) is 0 Å². The summed E-state index contributed by atoms with van der Waals surface area (Å²) in [4.78, 5) is 16.0. The highest BCUT2D eigenvalue weighted by molar-refractivity contribution is 7.13. The first kappa shape index (κ1) is 9.15. The number of hydrogen-bond acceptors (Lipinski definition) is 4. The summed E-state index contributed by atoms with van der Waals surface area (Å²) in [5.41, 5.74) is 0. The van der Waals surface area contributed by atoms with Crippen molar-refractivity contribution in [1.29, 1.82) is 0 Å². The fourth-order valence-corrected chi connectivity index (χ4v) is 1.39. The van der Waals surface area contributed by atoms with Gasteiger partial charge in [-0.1, -0.05) is 0 Å². The first-order valence-electron chi connectivity index (χ1n) is 3.55. The van der Waals surface area contributed by atoms with Gasteiger partial charge >= 0.3 is 0 Å². The number of thiazole rings is 1. The van der Waals surface area contributed by atoms with Crippen LogP contribution < -0.4 is 5.32 Å². The second kappa shape index (κ2) is 4.18. The van der Waals surface area contributed by atoms with E-state index < -0.39 is 0 Å². The minimum Gasteiger partial charge on any atom is -0.395 e. The molecule has 2 N–H and O–H groups in total. The molecule has 0 saturated heterocycles. The Balaban J connectivity index is 2.53. The third-order valence-electron chi connectivity index (χ3n) is 1.21. The lowest BCUT2D eigenvalue weighted by molar-refractivity contribution is 0.0944. The van der Waals surface area contributed by atoms with Gasteiger partial charge in [0.1, 0.15) is 0 Å². The lowest BCUT2D eigenvalue weighted by Crippen LogP contribution is -2.26. The van der Waals surface area contributed by atoms with Crippen LogP contribution in [0.2, 0.25) is 0 Å². The largest absolute Gasteiger partial charge is 0.395 e. The Morgan fingerprint density at radius 1 is 1.83 bits per heavy atom. The van der Waals surface area contributed by atoms with Crippen LogP contribution in [0, 0.1) is 6.92 Å². The Morgan fingerprint density at radius 3 is 3.08 bits per heavy atom. The number of amides is 1. The molecule has 0 aromatic carbocycles. The smallest absolute Gasteiger partial charge is 0.280 e. The van der Waals surface area contributed by atoms with Gasteiger partial charge in [-0.3, -0.25) is 4.79 Å². The highest BCUT2D eigenvalue weighted by Gasteiger charge is 2.07. The van der Waals surface area contributed by atoms with E-state index in [1.807, 2.05) is 6.92 Å². The van der Waals surface area contributed by atoms with Gasteiger partial charge in [-0.25, -0.2) is 4.98 Å². The van der Waals surface area contributed by atoms with Crippen LogP contribution in [0.3, 0.4) is 0 Å². The monoisotopic (exact) mass is 186 g/mol. The summed E-state index contributed by atoms with van der Waals surface area (Å²) in [6.45, 7) is 2.12. The number of aliphatic hydroxyl groups is 1. The summed E-state index contributed by atoms with van der Waals surface area (Å²) >= 11 is 1.34. The molecule has 66 valence electrons. The number of rotatable bonds is 3. The van der Waals surface area contributed by atoms with Gasteiger partial charge < -0.3 is 10.4 Å². The number of carbonyl (C=O) groups is 1. The van der Waals surface area contributed by atoms with Crippen LogP contribution >= 0.6 is 11.3 Å². The molecule has 5 heteroatoms. The summed E-state index contributed by atoms with van der Waals surface area (Å²) in [6, 6.07) is 0. The van der Waals surface area contributed by atoms with Crippen LogP contribution in [-0.2, 0) is 0 Å². The Bertz CT molecular complexity index is 272. The van der Waals surface area contributed by atoms with Crippen LogP contribution in [0.4, 0.5) is 0 Å². The summed E-state index contributed by atoms with van der Waals surface area (Å²) in [5.74, 6) is -0.220. The van der Waals surface area contributed by atoms with Crippen LogP contribution in [0.15, 0.2) is 6.20 Å². The first-order chi connectivity index (χ1) is 5.74. The number of carbonyl (C=O) groups excluding carboxylic acids is 1. The molecule has 1 aromatic rings. The number of aromatic nitrogens is 1. The fourth-order valence-electron chi connectivity index (χ4n) is 0.705. The molecule has 0 aliphatic carbocycles. The van der Waals surface area contributed by atoms with E-state index in [1.165, 1.54) is 11.3 Å². The van der Waals surface area contributed by atoms with Crippen molar-refractivity contribution in [2.24, 2.45) is 0 Å². The summed E-state index contributed by atoms with van der Waals surface area (Å²) in [6.07, 6.45) is 1.65. The number of aryl methyl sites for hydroxylation is 1. The maximum Gasteiger partial charge on any atom is 0.280 e. The summed E-state index contributed by atoms with van der Waals surface area (Å²) in [5, 5.41) is 11.4. The maximum atomic E-state index is 11.1. The lowest BCUT2D eigenvalue weighted by Gasteiger charge is -1.97. The molecule has 0 aliphatic heterocycles. The predicted octanol–water partition coefficient (Wildman–Crippen LogP) is 0.174.